The second-order valence-corrected chi connectivity index (χ2v) is 9.64. The van der Waals surface area contributed by atoms with Crippen LogP contribution < -0.4 is 15.4 Å². The summed E-state index contributed by atoms with van der Waals surface area (Å²) in [4.78, 5) is 28.5. The Kier molecular flexibility index (Phi) is 8.02. The molecule has 1 unspecified atom stereocenters. The van der Waals surface area contributed by atoms with Crippen molar-refractivity contribution >= 4 is 11.5 Å². The normalized spacial score (nSPS) is 18.4. The van der Waals surface area contributed by atoms with E-state index in [9.17, 15) is 23.1 Å². The first-order valence-corrected chi connectivity index (χ1v) is 12.9. The Hall–Kier alpha value is -3.99. The van der Waals surface area contributed by atoms with Gasteiger partial charge in [-0.2, -0.15) is 18.4 Å². The monoisotopic (exact) mass is 555 g/mol. The predicted molar refractivity (Wildman–Crippen MR) is 139 cm³/mol. The Balaban J connectivity index is 1.18. The van der Waals surface area contributed by atoms with Crippen molar-refractivity contribution in [2.75, 3.05) is 49.2 Å². The number of aromatic amines is 1. The topological polar surface area (TPSA) is 122 Å². The zero-order chi connectivity index (χ0) is 28.3. The highest BCUT2D eigenvalue weighted by molar-refractivity contribution is 5.58. The number of rotatable bonds is 8. The first-order chi connectivity index (χ1) is 19.3. The summed E-state index contributed by atoms with van der Waals surface area (Å²) in [6.07, 6.45) is -0.945. The summed E-state index contributed by atoms with van der Waals surface area (Å²) in [6, 6.07) is 9.72. The average molecular weight is 556 g/mol. The molecule has 2 N–H and O–H groups in total. The molecule has 13 heteroatoms. The van der Waals surface area contributed by atoms with E-state index in [1.807, 2.05) is 11.0 Å². The number of aliphatic hydroxyl groups is 1. The molecule has 2 atom stereocenters. The van der Waals surface area contributed by atoms with E-state index >= 15 is 0 Å². The number of aromatic nitrogens is 3. The number of aliphatic hydroxyl groups excluding tert-OH is 1. The van der Waals surface area contributed by atoms with Gasteiger partial charge in [-0.15, -0.1) is 0 Å². The van der Waals surface area contributed by atoms with E-state index < -0.39 is 29.6 Å². The molecule has 2 aliphatic heterocycles. The lowest BCUT2D eigenvalue weighted by atomic mass is 10.1. The van der Waals surface area contributed by atoms with Crippen molar-refractivity contribution in [1.29, 1.82) is 5.26 Å². The summed E-state index contributed by atoms with van der Waals surface area (Å²) in [5.41, 5.74) is -0.818. The summed E-state index contributed by atoms with van der Waals surface area (Å²) in [5.74, 6) is 0.778. The molecule has 1 saturated heterocycles. The van der Waals surface area contributed by atoms with Crippen molar-refractivity contribution in [2.45, 2.75) is 31.4 Å². The van der Waals surface area contributed by atoms with Crippen molar-refractivity contribution in [3.8, 4) is 6.07 Å². The van der Waals surface area contributed by atoms with Crippen LogP contribution in [-0.2, 0) is 17.5 Å². The van der Waals surface area contributed by atoms with Gasteiger partial charge in [0.15, 0.2) is 0 Å². The Morgan fingerprint density at radius 2 is 1.98 bits per heavy atom. The largest absolute Gasteiger partial charge is 0.423 e. The molecule has 0 radical (unpaired) electrons. The van der Waals surface area contributed by atoms with E-state index in [1.54, 1.807) is 30.5 Å². The number of nitriles is 1. The van der Waals surface area contributed by atoms with E-state index in [1.165, 1.54) is 23.4 Å². The number of ether oxygens (including phenoxy) is 1. The van der Waals surface area contributed by atoms with Crippen LogP contribution in [0.1, 0.15) is 34.8 Å². The third kappa shape index (κ3) is 5.79. The molecule has 210 valence electrons. The Bertz CT molecular complexity index is 1420. The van der Waals surface area contributed by atoms with Gasteiger partial charge >= 0.3 is 6.18 Å². The van der Waals surface area contributed by atoms with Gasteiger partial charge in [0.2, 0.25) is 0 Å². The van der Waals surface area contributed by atoms with Crippen molar-refractivity contribution in [1.82, 2.24) is 19.9 Å². The molecule has 5 rings (SSSR count). The molecule has 1 fully saturated rings. The maximum absolute atomic E-state index is 13.8. The molecular formula is C27H28F3N7O3. The zero-order valence-corrected chi connectivity index (χ0v) is 21.5. The molecule has 0 saturated carbocycles. The number of anilines is 2. The van der Waals surface area contributed by atoms with Crippen LogP contribution >= 0.6 is 0 Å². The highest BCUT2D eigenvalue weighted by Crippen LogP contribution is 2.41. The molecule has 0 aliphatic carbocycles. The third-order valence-electron chi connectivity index (χ3n) is 7.22. The first kappa shape index (κ1) is 27.6. The molecule has 0 bridgehead atoms. The highest BCUT2D eigenvalue weighted by Gasteiger charge is 2.42. The van der Waals surface area contributed by atoms with Gasteiger partial charge in [-0.25, -0.2) is 4.98 Å². The molecule has 40 heavy (non-hydrogen) atoms. The van der Waals surface area contributed by atoms with Gasteiger partial charge in [0, 0.05) is 57.7 Å². The maximum Gasteiger partial charge on any atom is 0.423 e. The van der Waals surface area contributed by atoms with E-state index in [-0.39, 0.29) is 25.4 Å². The molecule has 10 nitrogen and oxygen atoms in total. The minimum absolute atomic E-state index is 0.0406. The average Bonchev–Trinajstić information content (AvgIpc) is 3.33. The van der Waals surface area contributed by atoms with Gasteiger partial charge in [-0.3, -0.25) is 14.7 Å². The number of hydrogen-bond acceptors (Lipinski definition) is 9. The van der Waals surface area contributed by atoms with Crippen LogP contribution in [0.4, 0.5) is 24.7 Å². The zero-order valence-electron chi connectivity index (χ0n) is 21.5. The van der Waals surface area contributed by atoms with E-state index in [0.29, 0.717) is 43.9 Å². The van der Waals surface area contributed by atoms with E-state index in [0.717, 1.165) is 11.4 Å². The van der Waals surface area contributed by atoms with Gasteiger partial charge < -0.3 is 24.6 Å². The number of halogens is 3. The van der Waals surface area contributed by atoms with E-state index in [4.69, 9.17) is 10.00 Å². The molecule has 3 aromatic heterocycles. The summed E-state index contributed by atoms with van der Waals surface area (Å²) >= 11 is 0. The smallest absolute Gasteiger partial charge is 0.379 e. The van der Waals surface area contributed by atoms with Crippen LogP contribution in [0.5, 0.6) is 0 Å². The molecule has 0 amide bonds. The molecule has 0 aromatic carbocycles. The van der Waals surface area contributed by atoms with Crippen LogP contribution in [-0.4, -0.2) is 70.6 Å². The Morgan fingerprint density at radius 3 is 2.67 bits per heavy atom. The molecule has 5 heterocycles. The van der Waals surface area contributed by atoms with Crippen molar-refractivity contribution < 1.29 is 23.0 Å². The third-order valence-corrected chi connectivity index (χ3v) is 7.22. The SMILES string of the molecule is N#Cc1ccc(N2CCN(C(O)CCOC[C@H]3c4ncccc4CN3c3cc[nH]c(=O)c3C(F)(F)F)CC2)nc1. The Morgan fingerprint density at radius 1 is 1.18 bits per heavy atom. The Labute approximate surface area is 228 Å². The van der Waals surface area contributed by atoms with Crippen LogP contribution in [0.25, 0.3) is 0 Å². The number of alkyl halides is 3. The molecule has 3 aromatic rings. The number of pyridine rings is 3. The standard InChI is InChI=1S/C27H28F3N7O3/c28-27(29,30)24-20(5-8-33-26(24)39)37-16-19-2-1-7-32-25(19)21(37)17-40-13-6-23(38)36-11-9-35(10-12-36)22-4-3-18(14-31)15-34-22/h1-5,7-8,15,21,23,38H,6,9-13,16-17H2,(H,33,39)/t21-,23?/m0/s1. The molecular weight excluding hydrogens is 527 g/mol. The molecule has 2 aliphatic rings. The number of hydrogen-bond donors (Lipinski definition) is 2. The molecule has 0 spiro atoms. The van der Waals surface area contributed by atoms with Gasteiger partial charge in [-0.05, 0) is 29.8 Å². The quantitative estimate of drug-likeness (QED) is 0.404. The summed E-state index contributed by atoms with van der Waals surface area (Å²) in [7, 11) is 0. The predicted octanol–water partition coefficient (Wildman–Crippen LogP) is 2.66. The van der Waals surface area contributed by atoms with Gasteiger partial charge in [-0.1, -0.05) is 6.07 Å². The van der Waals surface area contributed by atoms with Crippen LogP contribution in [0.15, 0.2) is 53.7 Å². The lowest BCUT2D eigenvalue weighted by Gasteiger charge is -2.37. The fourth-order valence-corrected chi connectivity index (χ4v) is 5.18. The number of nitrogens with zero attached hydrogens (tertiary/aromatic N) is 6. The lowest BCUT2D eigenvalue weighted by Crippen LogP contribution is -2.50. The fourth-order valence-electron chi connectivity index (χ4n) is 5.18. The minimum Gasteiger partial charge on any atom is -0.379 e. The second kappa shape index (κ2) is 11.6. The minimum atomic E-state index is -4.83. The lowest BCUT2D eigenvalue weighted by molar-refractivity contribution is -0.138. The second-order valence-electron chi connectivity index (χ2n) is 9.64. The number of nitrogens with one attached hydrogen (secondary N) is 1. The summed E-state index contributed by atoms with van der Waals surface area (Å²) < 4.78 is 47.3. The highest BCUT2D eigenvalue weighted by atomic mass is 19.4. The first-order valence-electron chi connectivity index (χ1n) is 12.9. The van der Waals surface area contributed by atoms with Gasteiger partial charge in [0.05, 0.1) is 36.2 Å². The number of piperazine rings is 1. The fraction of sp³-hybridized carbons (Fsp3) is 0.407. The van der Waals surface area contributed by atoms with Crippen molar-refractivity contribution in [3.63, 3.8) is 0 Å². The van der Waals surface area contributed by atoms with Crippen LogP contribution in [0, 0.1) is 11.3 Å². The van der Waals surface area contributed by atoms with Crippen molar-refractivity contribution in [3.05, 3.63) is 81.7 Å². The van der Waals surface area contributed by atoms with Crippen LogP contribution in [0.3, 0.4) is 0 Å². The summed E-state index contributed by atoms with van der Waals surface area (Å²) in [5, 5.41) is 19.7. The van der Waals surface area contributed by atoms with Gasteiger partial charge in [0.25, 0.3) is 5.56 Å². The van der Waals surface area contributed by atoms with Gasteiger partial charge in [0.1, 0.15) is 23.7 Å². The number of H-pyrrole nitrogens is 1. The van der Waals surface area contributed by atoms with Crippen LogP contribution in [0.2, 0.25) is 0 Å². The maximum atomic E-state index is 13.8. The van der Waals surface area contributed by atoms with E-state index in [2.05, 4.69) is 19.9 Å². The number of fused-ring (bicyclic) bond motifs is 1. The summed E-state index contributed by atoms with van der Waals surface area (Å²) in [6.45, 7) is 2.93. The van der Waals surface area contributed by atoms with Crippen molar-refractivity contribution in [2.24, 2.45) is 0 Å².